The van der Waals surface area contributed by atoms with Crippen LogP contribution in [0.15, 0.2) is 90.2 Å². The number of amides is 1. The molecule has 1 amide bonds. The predicted molar refractivity (Wildman–Crippen MR) is 137 cm³/mol. The fraction of sp³-hybridized carbons (Fsp3) is 0.185. The molecule has 2 aromatic carbocycles. The van der Waals surface area contributed by atoms with E-state index in [0.717, 1.165) is 38.8 Å². The molecular weight excluding hydrogens is 428 g/mol. The minimum Gasteiger partial charge on any atom is -0.350 e. The molecule has 5 nitrogen and oxygen atoms in total. The molecule has 33 heavy (non-hydrogen) atoms. The van der Waals surface area contributed by atoms with Crippen LogP contribution in [-0.4, -0.2) is 18.3 Å². The lowest BCUT2D eigenvalue weighted by Gasteiger charge is -2.19. The first-order valence-electron chi connectivity index (χ1n) is 11.2. The van der Waals surface area contributed by atoms with Crippen molar-refractivity contribution in [3.8, 4) is 10.4 Å². The maximum Gasteiger partial charge on any atom is 0.229 e. The summed E-state index contributed by atoms with van der Waals surface area (Å²) < 4.78 is 0. The number of benzene rings is 2. The van der Waals surface area contributed by atoms with Crippen LogP contribution in [-0.2, 0) is 11.2 Å². The minimum absolute atomic E-state index is 0.0478. The molecule has 3 aromatic rings. The van der Waals surface area contributed by atoms with Gasteiger partial charge in [-0.3, -0.25) is 4.79 Å². The van der Waals surface area contributed by atoms with Crippen LogP contribution in [0.4, 0.5) is 5.00 Å². The van der Waals surface area contributed by atoms with Gasteiger partial charge in [-0.2, -0.15) is 0 Å². The molecule has 166 valence electrons. The summed E-state index contributed by atoms with van der Waals surface area (Å²) in [6.07, 6.45) is 7.57. The largest absolute Gasteiger partial charge is 0.350 e. The Balaban J connectivity index is 1.43. The molecule has 2 aliphatic rings. The van der Waals surface area contributed by atoms with Crippen LogP contribution >= 0.6 is 11.3 Å². The summed E-state index contributed by atoms with van der Waals surface area (Å²) >= 11 is 1.60. The quantitative estimate of drug-likeness (QED) is 0.468. The first-order valence-corrected chi connectivity index (χ1v) is 12.0. The lowest BCUT2D eigenvalue weighted by Crippen LogP contribution is -2.30. The first kappa shape index (κ1) is 21.4. The molecule has 0 radical (unpaired) electrons. The van der Waals surface area contributed by atoms with Crippen molar-refractivity contribution in [2.75, 3.05) is 11.9 Å². The van der Waals surface area contributed by atoms with Crippen LogP contribution in [0, 0.1) is 11.8 Å². The van der Waals surface area contributed by atoms with Crippen molar-refractivity contribution in [1.29, 1.82) is 0 Å². The standard InChI is InChI=1S/C27H26N4OS/c28-16-20(14-18-8-3-1-4-9-18)27(32)31-24-15-22(25(33-24)19-10-5-2-6-11-19)23-17-30-26-21(23)12-7-13-29-26/h1-11,13,15,17,20-21H,12,14,16,28H2,(H,29,30)(H,31,32). The third-order valence-corrected chi connectivity index (χ3v) is 7.17. The van der Waals surface area contributed by atoms with E-state index in [2.05, 4.69) is 39.9 Å². The lowest BCUT2D eigenvalue weighted by atomic mass is 9.89. The monoisotopic (exact) mass is 454 g/mol. The van der Waals surface area contributed by atoms with Gasteiger partial charge in [-0.05, 0) is 41.8 Å². The molecule has 2 aliphatic heterocycles. The molecular formula is C27H26N4OS. The average Bonchev–Trinajstić information content (AvgIpc) is 3.47. The number of nitrogens with one attached hydrogen (secondary N) is 2. The number of rotatable bonds is 7. The molecule has 4 N–H and O–H groups in total. The highest BCUT2D eigenvalue weighted by molar-refractivity contribution is 7.19. The molecule has 2 atom stereocenters. The van der Waals surface area contributed by atoms with Crippen molar-refractivity contribution in [1.82, 2.24) is 5.32 Å². The van der Waals surface area contributed by atoms with E-state index in [0.29, 0.717) is 13.0 Å². The Morgan fingerprint density at radius 2 is 1.91 bits per heavy atom. The molecule has 6 heteroatoms. The third kappa shape index (κ3) is 4.53. The molecule has 0 fully saturated rings. The molecule has 2 unspecified atom stereocenters. The number of aliphatic imine (C=N–C) groups is 1. The number of nitrogens with two attached hydrogens (primary N) is 1. The fourth-order valence-corrected chi connectivity index (χ4v) is 5.41. The van der Waals surface area contributed by atoms with Crippen molar-refractivity contribution in [3.63, 3.8) is 0 Å². The molecule has 1 aromatic heterocycles. The van der Waals surface area contributed by atoms with E-state index in [4.69, 9.17) is 5.73 Å². The maximum absolute atomic E-state index is 13.1. The number of allylic oxidation sites excluding steroid dienone is 1. The summed E-state index contributed by atoms with van der Waals surface area (Å²) in [6, 6.07) is 22.4. The smallest absolute Gasteiger partial charge is 0.229 e. The number of hydrogen-bond donors (Lipinski definition) is 3. The highest BCUT2D eigenvalue weighted by Gasteiger charge is 2.30. The van der Waals surface area contributed by atoms with Crippen LogP contribution in [0.2, 0.25) is 0 Å². The van der Waals surface area contributed by atoms with E-state index in [1.165, 1.54) is 5.57 Å². The van der Waals surface area contributed by atoms with Crippen molar-refractivity contribution >= 4 is 33.7 Å². The number of anilines is 1. The molecule has 0 saturated heterocycles. The van der Waals surface area contributed by atoms with Crippen LogP contribution in [0.25, 0.3) is 16.0 Å². The molecule has 0 saturated carbocycles. The van der Waals surface area contributed by atoms with Gasteiger partial charge < -0.3 is 16.4 Å². The van der Waals surface area contributed by atoms with Crippen molar-refractivity contribution in [2.45, 2.75) is 12.8 Å². The summed E-state index contributed by atoms with van der Waals surface area (Å²) in [5, 5.41) is 7.23. The van der Waals surface area contributed by atoms with Gasteiger partial charge >= 0.3 is 0 Å². The number of amidine groups is 1. The van der Waals surface area contributed by atoms with Crippen molar-refractivity contribution in [3.05, 3.63) is 96.3 Å². The Kier molecular flexibility index (Phi) is 6.19. The van der Waals surface area contributed by atoms with Crippen LogP contribution in [0.1, 0.15) is 17.5 Å². The first-order chi connectivity index (χ1) is 16.2. The van der Waals surface area contributed by atoms with Gasteiger partial charge in [-0.25, -0.2) is 4.99 Å². The van der Waals surface area contributed by atoms with Gasteiger partial charge in [0.15, 0.2) is 0 Å². The van der Waals surface area contributed by atoms with E-state index in [-0.39, 0.29) is 17.7 Å². The van der Waals surface area contributed by atoms with Gasteiger partial charge in [0.2, 0.25) is 5.91 Å². The summed E-state index contributed by atoms with van der Waals surface area (Å²) in [7, 11) is 0. The average molecular weight is 455 g/mol. The van der Waals surface area contributed by atoms with Crippen molar-refractivity contribution in [2.24, 2.45) is 22.6 Å². The Morgan fingerprint density at radius 3 is 2.67 bits per heavy atom. The summed E-state index contributed by atoms with van der Waals surface area (Å²) in [5.41, 5.74) is 10.5. The fourth-order valence-electron chi connectivity index (χ4n) is 4.32. The second-order valence-corrected chi connectivity index (χ2v) is 9.32. The Morgan fingerprint density at radius 1 is 1.15 bits per heavy atom. The molecule has 0 spiro atoms. The zero-order valence-electron chi connectivity index (χ0n) is 18.2. The van der Waals surface area contributed by atoms with Crippen molar-refractivity contribution < 1.29 is 4.79 Å². The molecule has 0 bridgehead atoms. The number of thiophene rings is 1. The summed E-state index contributed by atoms with van der Waals surface area (Å²) in [4.78, 5) is 18.9. The summed E-state index contributed by atoms with van der Waals surface area (Å²) in [6.45, 7) is 0.299. The van der Waals surface area contributed by atoms with Gasteiger partial charge in [-0.15, -0.1) is 11.3 Å². The zero-order chi connectivity index (χ0) is 22.6. The Labute approximate surface area is 197 Å². The van der Waals surface area contributed by atoms with Gasteiger partial charge in [0, 0.05) is 29.1 Å². The SMILES string of the molecule is NCC(Cc1ccccc1)C(=O)Nc1cc(C2=CN=C3NC=CCC23)c(-c2ccccc2)s1. The number of hydrogen-bond acceptors (Lipinski definition) is 5. The predicted octanol–water partition coefficient (Wildman–Crippen LogP) is 5.05. The number of carbonyl (C=O) groups is 1. The Hall–Kier alpha value is -3.48. The van der Waals surface area contributed by atoms with Gasteiger partial charge in [-0.1, -0.05) is 66.7 Å². The molecule has 5 rings (SSSR count). The molecule has 3 heterocycles. The maximum atomic E-state index is 13.1. The molecule has 0 aliphatic carbocycles. The highest BCUT2D eigenvalue weighted by Crippen LogP contribution is 2.44. The van der Waals surface area contributed by atoms with Crippen LogP contribution in [0.5, 0.6) is 0 Å². The van der Waals surface area contributed by atoms with E-state index < -0.39 is 0 Å². The zero-order valence-corrected chi connectivity index (χ0v) is 19.0. The third-order valence-electron chi connectivity index (χ3n) is 6.07. The van der Waals surface area contributed by atoms with Gasteiger partial charge in [0.1, 0.15) is 5.84 Å². The van der Waals surface area contributed by atoms with Gasteiger partial charge in [0.05, 0.1) is 10.9 Å². The second-order valence-electron chi connectivity index (χ2n) is 8.26. The van der Waals surface area contributed by atoms with E-state index in [9.17, 15) is 4.79 Å². The number of fused-ring (bicyclic) bond motifs is 1. The normalized spacial score (nSPS) is 17.5. The lowest BCUT2D eigenvalue weighted by molar-refractivity contribution is -0.119. The van der Waals surface area contributed by atoms with E-state index in [1.807, 2.05) is 60.9 Å². The van der Waals surface area contributed by atoms with Gasteiger partial charge in [0.25, 0.3) is 0 Å². The van der Waals surface area contributed by atoms with Crippen LogP contribution in [0.3, 0.4) is 0 Å². The van der Waals surface area contributed by atoms with E-state index in [1.54, 1.807) is 11.3 Å². The van der Waals surface area contributed by atoms with E-state index >= 15 is 0 Å². The Bertz CT molecular complexity index is 1230. The highest BCUT2D eigenvalue weighted by atomic mass is 32.1. The summed E-state index contributed by atoms with van der Waals surface area (Å²) in [5.74, 6) is 0.861. The number of nitrogens with zero attached hydrogens (tertiary/aromatic N) is 1. The minimum atomic E-state index is -0.286. The van der Waals surface area contributed by atoms with Crippen LogP contribution < -0.4 is 16.4 Å². The second kappa shape index (κ2) is 9.57. The topological polar surface area (TPSA) is 79.5 Å². The number of carbonyl (C=O) groups excluding carboxylic acids is 1.